The Balaban J connectivity index is 1.89. The van der Waals surface area contributed by atoms with Gasteiger partial charge in [-0.25, -0.2) is 4.79 Å². The summed E-state index contributed by atoms with van der Waals surface area (Å²) in [6.45, 7) is 7.27. The Labute approximate surface area is 195 Å². The van der Waals surface area contributed by atoms with Crippen LogP contribution < -0.4 is 10.1 Å². The van der Waals surface area contributed by atoms with Gasteiger partial charge in [-0.3, -0.25) is 14.9 Å². The van der Waals surface area contributed by atoms with Gasteiger partial charge in [-0.05, 0) is 62.6 Å². The second-order valence-corrected chi connectivity index (χ2v) is 8.59. The van der Waals surface area contributed by atoms with Crippen molar-refractivity contribution in [2.24, 2.45) is 0 Å². The highest BCUT2D eigenvalue weighted by Gasteiger charge is 2.26. The van der Waals surface area contributed by atoms with Crippen LogP contribution in [-0.2, 0) is 9.53 Å². The van der Waals surface area contributed by atoms with Crippen molar-refractivity contribution in [2.45, 2.75) is 27.7 Å². The van der Waals surface area contributed by atoms with Gasteiger partial charge in [-0.15, -0.1) is 11.3 Å². The summed E-state index contributed by atoms with van der Waals surface area (Å²) in [6.07, 6.45) is 0. The molecule has 0 unspecified atom stereocenters. The lowest BCUT2D eigenvalue weighted by atomic mass is 10.0. The molecule has 0 aliphatic carbocycles. The van der Waals surface area contributed by atoms with E-state index in [0.717, 1.165) is 16.0 Å². The highest BCUT2D eigenvalue weighted by Crippen LogP contribution is 2.40. The minimum atomic E-state index is -0.582. The molecular weight excluding hydrogens is 444 g/mol. The Morgan fingerprint density at radius 3 is 2.42 bits per heavy atom. The number of nitro groups is 1. The highest BCUT2D eigenvalue weighted by atomic mass is 32.1. The first kappa shape index (κ1) is 23.9. The number of ether oxygens (including phenoxy) is 2. The fraction of sp³-hybridized carbons (Fsp3) is 0.250. The summed E-state index contributed by atoms with van der Waals surface area (Å²) in [5.41, 5.74) is 3.27. The van der Waals surface area contributed by atoms with Crippen LogP contribution in [0.2, 0.25) is 0 Å². The van der Waals surface area contributed by atoms with Crippen molar-refractivity contribution in [3.63, 3.8) is 0 Å². The van der Waals surface area contributed by atoms with Crippen LogP contribution in [0.4, 0.5) is 10.7 Å². The molecule has 0 saturated heterocycles. The Hall–Kier alpha value is -3.72. The summed E-state index contributed by atoms with van der Waals surface area (Å²) in [5.74, 6) is -0.386. The van der Waals surface area contributed by atoms with Gasteiger partial charge in [0.25, 0.3) is 11.6 Å². The Morgan fingerprint density at radius 2 is 1.79 bits per heavy atom. The number of anilines is 1. The molecule has 1 aromatic heterocycles. The quantitative estimate of drug-likeness (QED) is 0.268. The van der Waals surface area contributed by atoms with E-state index in [4.69, 9.17) is 9.47 Å². The maximum absolute atomic E-state index is 12.8. The summed E-state index contributed by atoms with van der Waals surface area (Å²) >= 11 is 1.23. The van der Waals surface area contributed by atoms with Crippen molar-refractivity contribution in [2.75, 3.05) is 18.5 Å². The van der Waals surface area contributed by atoms with Crippen LogP contribution >= 0.6 is 11.3 Å². The van der Waals surface area contributed by atoms with Crippen molar-refractivity contribution < 1.29 is 24.0 Å². The smallest absolute Gasteiger partial charge is 0.341 e. The van der Waals surface area contributed by atoms with Crippen molar-refractivity contribution in [1.29, 1.82) is 0 Å². The fourth-order valence-electron chi connectivity index (χ4n) is 3.30. The Kier molecular flexibility index (Phi) is 7.44. The third-order valence-electron chi connectivity index (χ3n) is 4.89. The highest BCUT2D eigenvalue weighted by molar-refractivity contribution is 7.17. The van der Waals surface area contributed by atoms with Crippen molar-refractivity contribution in [1.82, 2.24) is 0 Å². The molecule has 3 rings (SSSR count). The molecule has 1 N–H and O–H groups in total. The van der Waals surface area contributed by atoms with Crippen LogP contribution in [0.1, 0.15) is 33.3 Å². The van der Waals surface area contributed by atoms with Gasteiger partial charge in [-0.1, -0.05) is 12.1 Å². The van der Waals surface area contributed by atoms with E-state index >= 15 is 0 Å². The lowest BCUT2D eigenvalue weighted by Gasteiger charge is -2.11. The molecule has 3 aromatic rings. The van der Waals surface area contributed by atoms with E-state index in [9.17, 15) is 19.7 Å². The van der Waals surface area contributed by atoms with E-state index in [2.05, 4.69) is 5.32 Å². The van der Waals surface area contributed by atoms with Crippen LogP contribution in [0.3, 0.4) is 0 Å². The fourth-order valence-corrected chi connectivity index (χ4v) is 4.38. The first-order chi connectivity index (χ1) is 15.7. The zero-order valence-electron chi connectivity index (χ0n) is 18.8. The third-order valence-corrected chi connectivity index (χ3v) is 5.91. The maximum Gasteiger partial charge on any atom is 0.341 e. The van der Waals surface area contributed by atoms with Crippen LogP contribution in [-0.4, -0.2) is 30.0 Å². The van der Waals surface area contributed by atoms with Crippen molar-refractivity contribution in [3.05, 3.63) is 74.1 Å². The number of carbonyl (C=O) groups excluding carboxylic acids is 2. The predicted octanol–water partition coefficient (Wildman–Crippen LogP) is 5.44. The molecule has 0 radical (unpaired) electrons. The molecule has 0 bridgehead atoms. The van der Waals surface area contributed by atoms with Gasteiger partial charge in [0.05, 0.1) is 11.5 Å². The molecule has 0 spiro atoms. The molecule has 33 heavy (non-hydrogen) atoms. The summed E-state index contributed by atoms with van der Waals surface area (Å²) in [6, 6.07) is 11.6. The van der Waals surface area contributed by atoms with E-state index < -0.39 is 16.8 Å². The predicted molar refractivity (Wildman–Crippen MR) is 127 cm³/mol. The normalized spacial score (nSPS) is 10.5. The maximum atomic E-state index is 12.8. The van der Waals surface area contributed by atoms with E-state index in [1.165, 1.54) is 23.5 Å². The largest absolute Gasteiger partial charge is 0.483 e. The number of benzene rings is 2. The number of carbonyl (C=O) groups is 2. The topological polar surface area (TPSA) is 108 Å². The zero-order valence-corrected chi connectivity index (χ0v) is 19.6. The van der Waals surface area contributed by atoms with Gasteiger partial charge in [0.1, 0.15) is 16.3 Å². The van der Waals surface area contributed by atoms with Crippen LogP contribution in [0.5, 0.6) is 5.75 Å². The summed E-state index contributed by atoms with van der Waals surface area (Å²) in [7, 11) is 0. The van der Waals surface area contributed by atoms with Crippen LogP contribution in [0, 0.1) is 30.9 Å². The number of amides is 1. The molecule has 0 saturated carbocycles. The van der Waals surface area contributed by atoms with Crippen LogP contribution in [0.25, 0.3) is 11.1 Å². The second-order valence-electron chi connectivity index (χ2n) is 7.37. The molecule has 0 fully saturated rings. The number of aryl methyl sites for hydroxylation is 3. The lowest BCUT2D eigenvalue weighted by Crippen LogP contribution is -2.21. The van der Waals surface area contributed by atoms with Gasteiger partial charge >= 0.3 is 5.97 Å². The number of hydrogen-bond acceptors (Lipinski definition) is 7. The Bertz CT molecular complexity index is 1200. The van der Waals surface area contributed by atoms with E-state index in [1.54, 1.807) is 19.1 Å². The van der Waals surface area contributed by atoms with Crippen LogP contribution in [0.15, 0.2) is 42.5 Å². The van der Waals surface area contributed by atoms with Gasteiger partial charge in [-0.2, -0.15) is 0 Å². The number of nitrogens with zero attached hydrogens (tertiary/aromatic N) is 1. The average molecular weight is 469 g/mol. The zero-order chi connectivity index (χ0) is 24.1. The third kappa shape index (κ3) is 5.56. The van der Waals surface area contributed by atoms with Gasteiger partial charge < -0.3 is 14.8 Å². The summed E-state index contributed by atoms with van der Waals surface area (Å²) in [4.78, 5) is 36.7. The molecule has 9 heteroatoms. The van der Waals surface area contributed by atoms with Gasteiger partial charge in [0.15, 0.2) is 6.61 Å². The number of hydrogen-bond donors (Lipinski definition) is 1. The lowest BCUT2D eigenvalue weighted by molar-refractivity contribution is -0.384. The molecule has 172 valence electrons. The molecule has 0 aliphatic heterocycles. The number of nitro benzene ring substituents is 1. The van der Waals surface area contributed by atoms with Gasteiger partial charge in [0, 0.05) is 22.6 Å². The second kappa shape index (κ2) is 10.3. The number of thiophene rings is 1. The first-order valence-corrected chi connectivity index (χ1v) is 11.1. The molecule has 1 amide bonds. The average Bonchev–Trinajstić information content (AvgIpc) is 3.10. The first-order valence-electron chi connectivity index (χ1n) is 10.3. The summed E-state index contributed by atoms with van der Waals surface area (Å²) in [5, 5.41) is 14.1. The number of non-ortho nitro benzene ring substituents is 1. The number of rotatable bonds is 8. The number of esters is 1. The minimum Gasteiger partial charge on any atom is -0.483 e. The van der Waals surface area contributed by atoms with Crippen molar-refractivity contribution in [3.8, 4) is 16.9 Å². The molecule has 0 aliphatic rings. The standard InChI is InChI=1S/C24H24N2O6S/c1-5-31-24(28)22-21(17-8-10-18(11-9-17)26(29)30)16(4)33-23(22)25-20(27)13-32-19-12-14(2)6-7-15(19)3/h6-12H,5,13H2,1-4H3,(H,25,27). The van der Waals surface area contributed by atoms with E-state index in [0.29, 0.717) is 21.9 Å². The summed E-state index contributed by atoms with van der Waals surface area (Å²) < 4.78 is 10.9. The van der Waals surface area contributed by atoms with Gasteiger partial charge in [0.2, 0.25) is 0 Å². The molecule has 2 aromatic carbocycles. The molecule has 1 heterocycles. The Morgan fingerprint density at radius 1 is 1.09 bits per heavy atom. The SMILES string of the molecule is CCOC(=O)c1c(NC(=O)COc2cc(C)ccc2C)sc(C)c1-c1ccc([N+](=O)[O-])cc1. The monoisotopic (exact) mass is 468 g/mol. The molecule has 8 nitrogen and oxygen atoms in total. The number of nitrogens with one attached hydrogen (secondary N) is 1. The molecular formula is C24H24N2O6S. The van der Waals surface area contributed by atoms with E-state index in [-0.39, 0.29) is 24.5 Å². The minimum absolute atomic E-state index is 0.0542. The molecule has 0 atom stereocenters. The van der Waals surface area contributed by atoms with E-state index in [1.807, 2.05) is 39.0 Å². The van der Waals surface area contributed by atoms with Crippen molar-refractivity contribution >= 4 is 33.9 Å².